The number of esters is 1. The molecule has 1 aromatic rings. The third kappa shape index (κ3) is 8.30. The van der Waals surface area contributed by atoms with E-state index >= 15 is 0 Å². The summed E-state index contributed by atoms with van der Waals surface area (Å²) in [6, 6.07) is 4.03. The maximum absolute atomic E-state index is 14.3. The number of methoxy groups -OCH3 is 1. The molecule has 4 heterocycles. The summed E-state index contributed by atoms with van der Waals surface area (Å²) in [5.41, 5.74) is -0.939. The number of hydrogen-bond acceptors (Lipinski definition) is 10. The van der Waals surface area contributed by atoms with Gasteiger partial charge >= 0.3 is 5.97 Å². The molecule has 11 heteroatoms. The first kappa shape index (κ1) is 33.5. The number of carbonyl (C=O) groups is 2. The van der Waals surface area contributed by atoms with Crippen LogP contribution >= 0.6 is 0 Å². The molecular weight excluding hydrogens is 578 g/mol. The third-order valence-corrected chi connectivity index (χ3v) is 9.63. The molecule has 5 rings (SSSR count). The molecule has 0 aliphatic carbocycles. The highest BCUT2D eigenvalue weighted by atomic mass is 16.7. The first-order valence-electron chi connectivity index (χ1n) is 16.5. The number of nitrogens with zero attached hydrogens (tertiary/aromatic N) is 3. The molecule has 45 heavy (non-hydrogen) atoms. The Bertz CT molecular complexity index is 1240. The average molecular weight is 630 g/mol. The number of likely N-dealkylation sites (N-methyl/N-ethyl adjacent to an activating group) is 1. The van der Waals surface area contributed by atoms with E-state index in [1.54, 1.807) is 25.9 Å². The average Bonchev–Trinajstić information content (AvgIpc) is 3.38. The number of hydrogen-bond donors (Lipinski definition) is 2. The van der Waals surface area contributed by atoms with Gasteiger partial charge in [-0.3, -0.25) is 4.79 Å². The number of fused-ring (bicyclic) bond motifs is 5. The van der Waals surface area contributed by atoms with Crippen LogP contribution in [0.25, 0.3) is 0 Å². The fraction of sp³-hybridized carbons (Fsp3) is 0.706. The fourth-order valence-corrected chi connectivity index (χ4v) is 6.87. The monoisotopic (exact) mass is 629 g/mol. The SMILES string of the molecule is CO/C1=C/CCCCN2CCc3cc4c(cc3[C@@H](C2)[C@@H]1OC(=O)[C@@](O)(CCCC(C)(C)O)CC(=O)N1CCN(C)CC1)OCO4. The molecule has 11 nitrogen and oxygen atoms in total. The van der Waals surface area contributed by atoms with Crippen molar-refractivity contribution in [2.45, 2.75) is 88.4 Å². The molecular formula is C34H51N3O8. The Kier molecular flexibility index (Phi) is 10.6. The Morgan fingerprint density at radius 1 is 1.00 bits per heavy atom. The van der Waals surface area contributed by atoms with Gasteiger partial charge in [-0.25, -0.2) is 4.79 Å². The van der Waals surface area contributed by atoms with Crippen molar-refractivity contribution in [1.82, 2.24) is 14.7 Å². The molecule has 1 fully saturated rings. The summed E-state index contributed by atoms with van der Waals surface area (Å²) < 4.78 is 23.7. The number of amides is 1. The van der Waals surface area contributed by atoms with Crippen LogP contribution in [0.5, 0.6) is 11.5 Å². The maximum atomic E-state index is 14.3. The van der Waals surface area contributed by atoms with Crippen LogP contribution in [0, 0.1) is 0 Å². The van der Waals surface area contributed by atoms with Crippen LogP contribution in [0.15, 0.2) is 24.0 Å². The van der Waals surface area contributed by atoms with Crippen molar-refractivity contribution in [3.05, 3.63) is 35.1 Å². The molecule has 1 unspecified atom stereocenters. The highest BCUT2D eigenvalue weighted by Gasteiger charge is 2.45. The van der Waals surface area contributed by atoms with E-state index in [1.165, 1.54) is 0 Å². The molecule has 0 saturated carbocycles. The molecule has 0 spiro atoms. The molecule has 1 saturated heterocycles. The standard InChI is InChI=1S/C34H51N3O8/c1-33(2,40)11-8-12-34(41,21-30(38)37-17-15-35(3)16-18-37)32(39)45-31-26-22-36(13-7-5-6-9-27(31)42-4)14-10-24-19-28-29(20-25(24)26)44-23-43-28/h9,19-20,26,31,40-41H,5-8,10-18,21-23H2,1-4H3/b27-9+/t26-,31+,34-/m1/s1. The summed E-state index contributed by atoms with van der Waals surface area (Å²) in [6.45, 7) is 8.48. The fourth-order valence-electron chi connectivity index (χ4n) is 6.87. The first-order chi connectivity index (χ1) is 21.5. The maximum Gasteiger partial charge on any atom is 0.339 e. The molecule has 4 atom stereocenters. The number of aliphatic hydroxyl groups is 2. The van der Waals surface area contributed by atoms with Crippen LogP contribution < -0.4 is 9.47 Å². The quantitative estimate of drug-likeness (QED) is 0.395. The van der Waals surface area contributed by atoms with Gasteiger partial charge in [0.15, 0.2) is 23.2 Å². The zero-order valence-electron chi connectivity index (χ0n) is 27.4. The lowest BCUT2D eigenvalue weighted by Gasteiger charge is -2.37. The molecule has 250 valence electrons. The highest BCUT2D eigenvalue weighted by Crippen LogP contribution is 2.42. The van der Waals surface area contributed by atoms with E-state index in [1.807, 2.05) is 25.3 Å². The van der Waals surface area contributed by atoms with Gasteiger partial charge in [0.25, 0.3) is 0 Å². The molecule has 1 amide bonds. The molecule has 0 radical (unpaired) electrons. The zero-order valence-corrected chi connectivity index (χ0v) is 27.4. The zero-order chi connectivity index (χ0) is 32.2. The van der Waals surface area contributed by atoms with Gasteiger partial charge in [-0.1, -0.05) is 0 Å². The smallest absolute Gasteiger partial charge is 0.339 e. The number of benzene rings is 1. The molecule has 2 bridgehead atoms. The van der Waals surface area contributed by atoms with E-state index < -0.39 is 23.3 Å². The predicted molar refractivity (Wildman–Crippen MR) is 168 cm³/mol. The van der Waals surface area contributed by atoms with Gasteiger partial charge in [0.2, 0.25) is 12.7 Å². The van der Waals surface area contributed by atoms with Gasteiger partial charge in [-0.05, 0) is 102 Å². The lowest BCUT2D eigenvalue weighted by atomic mass is 9.86. The Balaban J connectivity index is 1.47. The van der Waals surface area contributed by atoms with E-state index in [4.69, 9.17) is 18.9 Å². The van der Waals surface area contributed by atoms with Crippen molar-refractivity contribution in [3.8, 4) is 11.5 Å². The van der Waals surface area contributed by atoms with Gasteiger partial charge in [-0.15, -0.1) is 0 Å². The van der Waals surface area contributed by atoms with Gasteiger partial charge < -0.3 is 43.9 Å². The molecule has 2 N–H and O–H groups in total. The van der Waals surface area contributed by atoms with E-state index in [9.17, 15) is 19.8 Å². The lowest BCUT2D eigenvalue weighted by molar-refractivity contribution is -0.177. The van der Waals surface area contributed by atoms with Crippen LogP contribution in [0.3, 0.4) is 0 Å². The van der Waals surface area contributed by atoms with Crippen molar-refractivity contribution in [2.24, 2.45) is 0 Å². The molecule has 4 aliphatic heterocycles. The minimum Gasteiger partial charge on any atom is -0.497 e. The minimum atomic E-state index is -2.07. The predicted octanol–water partition coefficient (Wildman–Crippen LogP) is 2.82. The summed E-state index contributed by atoms with van der Waals surface area (Å²) in [4.78, 5) is 34.0. The molecule has 1 aromatic carbocycles. The number of piperazine rings is 1. The van der Waals surface area contributed by atoms with E-state index in [-0.39, 0.29) is 31.5 Å². The Morgan fingerprint density at radius 3 is 2.44 bits per heavy atom. The Labute approximate surface area is 267 Å². The van der Waals surface area contributed by atoms with Crippen molar-refractivity contribution >= 4 is 11.9 Å². The minimum absolute atomic E-state index is 0.0138. The number of rotatable bonds is 9. The Morgan fingerprint density at radius 2 is 1.73 bits per heavy atom. The molecule has 4 aliphatic rings. The topological polar surface area (TPSA) is 121 Å². The van der Waals surface area contributed by atoms with Crippen LogP contribution in [0.4, 0.5) is 0 Å². The second-order valence-electron chi connectivity index (χ2n) is 13.8. The second kappa shape index (κ2) is 14.3. The van der Waals surface area contributed by atoms with Crippen molar-refractivity contribution in [2.75, 3.05) is 66.8 Å². The van der Waals surface area contributed by atoms with Crippen LogP contribution in [-0.4, -0.2) is 121 Å². The van der Waals surface area contributed by atoms with Crippen LogP contribution in [0.1, 0.15) is 75.8 Å². The van der Waals surface area contributed by atoms with E-state index in [0.717, 1.165) is 63.0 Å². The highest BCUT2D eigenvalue weighted by molar-refractivity contribution is 5.88. The summed E-state index contributed by atoms with van der Waals surface area (Å²) >= 11 is 0. The summed E-state index contributed by atoms with van der Waals surface area (Å²) in [7, 11) is 3.59. The van der Waals surface area contributed by atoms with Gasteiger partial charge in [-0.2, -0.15) is 0 Å². The third-order valence-electron chi connectivity index (χ3n) is 9.63. The van der Waals surface area contributed by atoms with Crippen molar-refractivity contribution in [1.29, 1.82) is 0 Å². The summed E-state index contributed by atoms with van der Waals surface area (Å²) in [5, 5.41) is 22.4. The van der Waals surface area contributed by atoms with E-state index in [2.05, 4.69) is 9.80 Å². The van der Waals surface area contributed by atoms with Crippen molar-refractivity contribution in [3.63, 3.8) is 0 Å². The lowest BCUT2D eigenvalue weighted by Crippen LogP contribution is -2.52. The number of carbonyl (C=O) groups excluding carboxylic acids is 2. The first-order valence-corrected chi connectivity index (χ1v) is 16.5. The van der Waals surface area contributed by atoms with Gasteiger partial charge in [0, 0.05) is 45.2 Å². The summed E-state index contributed by atoms with van der Waals surface area (Å²) in [6.07, 6.45) is 5.05. The van der Waals surface area contributed by atoms with Gasteiger partial charge in [0.1, 0.15) is 5.76 Å². The Hall–Kier alpha value is -2.86. The normalized spacial score (nSPS) is 26.5. The summed E-state index contributed by atoms with van der Waals surface area (Å²) in [5.74, 6) is 0.476. The van der Waals surface area contributed by atoms with Crippen LogP contribution in [-0.2, 0) is 25.5 Å². The van der Waals surface area contributed by atoms with Crippen molar-refractivity contribution < 1.29 is 38.7 Å². The van der Waals surface area contributed by atoms with E-state index in [0.29, 0.717) is 49.7 Å². The second-order valence-corrected chi connectivity index (χ2v) is 13.8. The largest absolute Gasteiger partial charge is 0.497 e. The number of allylic oxidation sites excluding steroid dienone is 1. The van der Waals surface area contributed by atoms with Gasteiger partial charge in [0.05, 0.1) is 19.1 Å². The van der Waals surface area contributed by atoms with Crippen LogP contribution in [0.2, 0.25) is 0 Å². The molecule has 0 aromatic heterocycles. The number of ether oxygens (including phenoxy) is 4.